The van der Waals surface area contributed by atoms with Gasteiger partial charge in [0.15, 0.2) is 0 Å². The SMILES string of the molecule is CCOC(=O)C1CCCC2=C(N1)N(N1CCCC1)c1ccccc1C2. The maximum absolute atomic E-state index is 12.4. The summed E-state index contributed by atoms with van der Waals surface area (Å²) in [6, 6.07) is 8.41. The second-order valence-corrected chi connectivity index (χ2v) is 7.07. The summed E-state index contributed by atoms with van der Waals surface area (Å²) in [6.07, 6.45) is 6.31. The molecule has 0 spiro atoms. The summed E-state index contributed by atoms with van der Waals surface area (Å²) >= 11 is 0. The van der Waals surface area contributed by atoms with E-state index in [-0.39, 0.29) is 12.0 Å². The Bertz CT molecular complexity index is 679. The van der Waals surface area contributed by atoms with Gasteiger partial charge in [-0.25, -0.2) is 9.80 Å². The molecule has 1 atom stereocenters. The van der Waals surface area contributed by atoms with Crippen LogP contribution >= 0.6 is 0 Å². The average Bonchev–Trinajstić information content (AvgIpc) is 3.06. The zero-order valence-electron chi connectivity index (χ0n) is 15.0. The topological polar surface area (TPSA) is 44.8 Å². The number of hydrogen-bond donors (Lipinski definition) is 1. The lowest BCUT2D eigenvalue weighted by Gasteiger charge is -2.41. The van der Waals surface area contributed by atoms with E-state index in [9.17, 15) is 4.79 Å². The van der Waals surface area contributed by atoms with Crippen molar-refractivity contribution in [2.24, 2.45) is 0 Å². The molecule has 1 unspecified atom stereocenters. The van der Waals surface area contributed by atoms with E-state index >= 15 is 0 Å². The molecule has 5 nitrogen and oxygen atoms in total. The lowest BCUT2D eigenvalue weighted by atomic mass is 9.96. The molecule has 0 amide bonds. The van der Waals surface area contributed by atoms with Crippen molar-refractivity contribution in [2.75, 3.05) is 24.7 Å². The molecule has 1 aromatic rings. The van der Waals surface area contributed by atoms with Gasteiger partial charge in [0, 0.05) is 13.1 Å². The predicted octanol–water partition coefficient (Wildman–Crippen LogP) is 2.98. The van der Waals surface area contributed by atoms with Crippen molar-refractivity contribution in [3.05, 3.63) is 41.2 Å². The van der Waals surface area contributed by atoms with Gasteiger partial charge in [-0.3, -0.25) is 5.01 Å². The number of hydrogen-bond acceptors (Lipinski definition) is 5. The van der Waals surface area contributed by atoms with Crippen LogP contribution in [0.3, 0.4) is 0 Å². The van der Waals surface area contributed by atoms with Crippen LogP contribution in [0.2, 0.25) is 0 Å². The molecule has 3 aliphatic heterocycles. The molecule has 0 aromatic heterocycles. The normalized spacial score (nSPS) is 23.6. The molecule has 25 heavy (non-hydrogen) atoms. The highest BCUT2D eigenvalue weighted by molar-refractivity contribution is 5.76. The average molecular weight is 341 g/mol. The third-order valence-corrected chi connectivity index (χ3v) is 5.39. The minimum atomic E-state index is -0.247. The van der Waals surface area contributed by atoms with Crippen molar-refractivity contribution in [3.8, 4) is 0 Å². The third kappa shape index (κ3) is 3.13. The van der Waals surface area contributed by atoms with E-state index in [4.69, 9.17) is 4.74 Å². The summed E-state index contributed by atoms with van der Waals surface area (Å²) < 4.78 is 5.29. The summed E-state index contributed by atoms with van der Waals surface area (Å²) in [5.41, 5.74) is 4.04. The Morgan fingerprint density at radius 1 is 1.24 bits per heavy atom. The Morgan fingerprint density at radius 3 is 2.84 bits per heavy atom. The Hall–Kier alpha value is -2.01. The van der Waals surface area contributed by atoms with Gasteiger partial charge in [0.1, 0.15) is 11.9 Å². The van der Waals surface area contributed by atoms with E-state index in [1.54, 1.807) is 0 Å². The molecule has 1 saturated heterocycles. The highest BCUT2D eigenvalue weighted by Gasteiger charge is 2.35. The number of allylic oxidation sites excluding steroid dienone is 1. The van der Waals surface area contributed by atoms with E-state index in [0.29, 0.717) is 6.61 Å². The number of carbonyl (C=O) groups excluding carboxylic acids is 1. The third-order valence-electron chi connectivity index (χ3n) is 5.39. The zero-order valence-corrected chi connectivity index (χ0v) is 15.0. The fourth-order valence-corrected chi connectivity index (χ4v) is 4.19. The van der Waals surface area contributed by atoms with Crippen molar-refractivity contribution in [1.29, 1.82) is 0 Å². The number of fused-ring (bicyclic) bond motifs is 1. The quantitative estimate of drug-likeness (QED) is 0.857. The summed E-state index contributed by atoms with van der Waals surface area (Å²) in [5, 5.41) is 8.33. The second-order valence-electron chi connectivity index (χ2n) is 7.07. The lowest BCUT2D eigenvalue weighted by Crippen LogP contribution is -2.50. The molecule has 0 radical (unpaired) electrons. The summed E-state index contributed by atoms with van der Waals surface area (Å²) in [4.78, 5) is 12.4. The predicted molar refractivity (Wildman–Crippen MR) is 97.9 cm³/mol. The van der Waals surface area contributed by atoms with Gasteiger partial charge in [0.25, 0.3) is 0 Å². The highest BCUT2D eigenvalue weighted by atomic mass is 16.5. The van der Waals surface area contributed by atoms with Crippen molar-refractivity contribution in [2.45, 2.75) is 51.5 Å². The number of carbonyl (C=O) groups is 1. The Labute approximate surface area is 149 Å². The standard InChI is InChI=1S/C20H27N3O2/c1-2-25-20(24)17-10-7-9-16-14-15-8-3-4-11-18(15)23(19(16)21-17)22-12-5-6-13-22/h3-4,8,11,17,21H,2,5-7,9-10,12-14H2,1H3. The maximum atomic E-state index is 12.4. The summed E-state index contributed by atoms with van der Waals surface area (Å²) in [7, 11) is 0. The number of hydrazine groups is 1. The highest BCUT2D eigenvalue weighted by Crippen LogP contribution is 2.37. The summed E-state index contributed by atoms with van der Waals surface area (Å²) in [5.74, 6) is 0.993. The largest absolute Gasteiger partial charge is 0.464 e. The van der Waals surface area contributed by atoms with Crippen LogP contribution in [0.1, 0.15) is 44.6 Å². The van der Waals surface area contributed by atoms with Crippen LogP contribution < -0.4 is 10.3 Å². The molecule has 134 valence electrons. The zero-order chi connectivity index (χ0) is 17.2. The van der Waals surface area contributed by atoms with Gasteiger partial charge in [0.2, 0.25) is 0 Å². The fourth-order valence-electron chi connectivity index (χ4n) is 4.19. The van der Waals surface area contributed by atoms with Crippen LogP contribution in [0.15, 0.2) is 35.7 Å². The van der Waals surface area contributed by atoms with E-state index < -0.39 is 0 Å². The number of rotatable bonds is 3. The number of nitrogens with one attached hydrogen (secondary N) is 1. The first-order valence-electron chi connectivity index (χ1n) is 9.56. The molecule has 3 aliphatic rings. The van der Waals surface area contributed by atoms with E-state index in [0.717, 1.165) is 44.6 Å². The van der Waals surface area contributed by atoms with Gasteiger partial charge in [-0.05, 0) is 62.7 Å². The van der Waals surface area contributed by atoms with Crippen LogP contribution in [-0.2, 0) is 16.0 Å². The minimum Gasteiger partial charge on any atom is -0.464 e. The second kappa shape index (κ2) is 7.08. The fraction of sp³-hybridized carbons (Fsp3) is 0.550. The number of ether oxygens (including phenoxy) is 1. The smallest absolute Gasteiger partial charge is 0.328 e. The van der Waals surface area contributed by atoms with Gasteiger partial charge >= 0.3 is 5.97 Å². The number of benzene rings is 1. The van der Waals surface area contributed by atoms with Gasteiger partial charge < -0.3 is 10.1 Å². The van der Waals surface area contributed by atoms with Crippen molar-refractivity contribution >= 4 is 11.7 Å². The molecule has 5 heteroatoms. The van der Waals surface area contributed by atoms with E-state index in [1.807, 2.05) is 6.92 Å². The first-order chi connectivity index (χ1) is 12.3. The molecule has 4 rings (SSSR count). The maximum Gasteiger partial charge on any atom is 0.328 e. The van der Waals surface area contributed by atoms with Crippen molar-refractivity contribution in [1.82, 2.24) is 10.3 Å². The van der Waals surface area contributed by atoms with Crippen molar-refractivity contribution in [3.63, 3.8) is 0 Å². The van der Waals surface area contributed by atoms with Gasteiger partial charge in [-0.2, -0.15) is 0 Å². The minimum absolute atomic E-state index is 0.128. The first kappa shape index (κ1) is 16.5. The van der Waals surface area contributed by atoms with Gasteiger partial charge in [0.05, 0.1) is 12.3 Å². The van der Waals surface area contributed by atoms with Crippen LogP contribution in [-0.4, -0.2) is 36.7 Å². The molecule has 3 heterocycles. The van der Waals surface area contributed by atoms with Crippen LogP contribution in [0.25, 0.3) is 0 Å². The first-order valence-corrected chi connectivity index (χ1v) is 9.56. The number of esters is 1. The number of para-hydroxylation sites is 1. The van der Waals surface area contributed by atoms with E-state index in [1.165, 1.54) is 29.7 Å². The molecule has 0 aliphatic carbocycles. The monoisotopic (exact) mass is 341 g/mol. The molecular formula is C20H27N3O2. The Kier molecular flexibility index (Phi) is 4.66. The van der Waals surface area contributed by atoms with Crippen LogP contribution in [0, 0.1) is 0 Å². The van der Waals surface area contributed by atoms with Crippen molar-refractivity contribution < 1.29 is 9.53 Å². The lowest BCUT2D eigenvalue weighted by molar-refractivity contribution is -0.145. The Balaban J connectivity index is 1.70. The van der Waals surface area contributed by atoms with Crippen LogP contribution in [0.4, 0.5) is 5.69 Å². The molecule has 1 aromatic carbocycles. The van der Waals surface area contributed by atoms with Gasteiger partial charge in [-0.1, -0.05) is 18.2 Å². The van der Waals surface area contributed by atoms with Gasteiger partial charge in [-0.15, -0.1) is 0 Å². The summed E-state index contributed by atoms with van der Waals surface area (Å²) in [6.45, 7) is 4.43. The van der Waals surface area contributed by atoms with Crippen LogP contribution in [0.5, 0.6) is 0 Å². The molecule has 0 bridgehead atoms. The molecule has 1 N–H and O–H groups in total. The molecule has 1 fully saturated rings. The molecular weight excluding hydrogens is 314 g/mol. The molecule has 0 saturated carbocycles. The number of anilines is 1. The Morgan fingerprint density at radius 2 is 2.04 bits per heavy atom. The number of nitrogens with zero attached hydrogens (tertiary/aromatic N) is 2. The van der Waals surface area contributed by atoms with E-state index in [2.05, 4.69) is 39.6 Å².